The summed E-state index contributed by atoms with van der Waals surface area (Å²) in [5.41, 5.74) is 2.23. The molecule has 0 radical (unpaired) electrons. The molecule has 2 heterocycles. The topological polar surface area (TPSA) is 43.2 Å². The zero-order valence-corrected chi connectivity index (χ0v) is 17.9. The van der Waals surface area contributed by atoms with Crippen LogP contribution >= 0.6 is 11.6 Å². The molecule has 0 unspecified atom stereocenters. The molecule has 1 aromatic heterocycles. The maximum absolute atomic E-state index is 13.4. The summed E-state index contributed by atoms with van der Waals surface area (Å²) in [6, 6.07) is 9.26. The molecular weight excluding hydrogens is 422 g/mol. The number of aromatic nitrogens is 3. The molecule has 0 bridgehead atoms. The van der Waals surface area contributed by atoms with Gasteiger partial charge in [0.05, 0.1) is 18.3 Å². The van der Waals surface area contributed by atoms with E-state index >= 15 is 0 Å². The van der Waals surface area contributed by atoms with Crippen molar-refractivity contribution >= 4 is 11.6 Å². The van der Waals surface area contributed by atoms with Crippen molar-refractivity contribution in [3.05, 3.63) is 70.3 Å². The summed E-state index contributed by atoms with van der Waals surface area (Å²) in [6.07, 6.45) is 3.26. The van der Waals surface area contributed by atoms with Crippen LogP contribution in [0, 0.1) is 11.6 Å². The number of benzene rings is 2. The first-order chi connectivity index (χ1) is 15.0. The highest BCUT2D eigenvalue weighted by molar-refractivity contribution is 6.30. The van der Waals surface area contributed by atoms with Crippen LogP contribution in [-0.2, 0) is 13.1 Å². The number of fused-ring (bicyclic) bond motifs is 3. The maximum atomic E-state index is 13.4. The Bertz CT molecular complexity index is 1090. The van der Waals surface area contributed by atoms with Crippen molar-refractivity contribution in [2.24, 2.45) is 0 Å². The molecule has 8 heteroatoms. The molecule has 1 aliphatic carbocycles. The van der Waals surface area contributed by atoms with Gasteiger partial charge in [0.1, 0.15) is 23.2 Å². The number of nitrogens with zero attached hydrogens (tertiary/aromatic N) is 4. The molecule has 2 aromatic carbocycles. The largest absolute Gasteiger partial charge is 0.490 e. The summed E-state index contributed by atoms with van der Waals surface area (Å²) in [4.78, 5) is 2.20. The van der Waals surface area contributed by atoms with Gasteiger partial charge in [0, 0.05) is 35.7 Å². The Morgan fingerprint density at radius 3 is 2.45 bits per heavy atom. The molecule has 31 heavy (non-hydrogen) atoms. The molecule has 0 saturated heterocycles. The Hall–Kier alpha value is -2.51. The average molecular weight is 445 g/mol. The Morgan fingerprint density at radius 2 is 1.71 bits per heavy atom. The lowest BCUT2D eigenvalue weighted by atomic mass is 9.86. The van der Waals surface area contributed by atoms with Crippen LogP contribution in [0.15, 0.2) is 36.4 Å². The van der Waals surface area contributed by atoms with E-state index in [1.54, 1.807) is 0 Å². The van der Waals surface area contributed by atoms with Crippen LogP contribution in [0.25, 0.3) is 5.69 Å². The standard InChI is InChI=1S/C23H23ClF2N4O/c1-29-12-15-8-16(24)4-7-21(15)30-22(13-29)27-28-23(30)14-2-5-19(6-3-14)31-20-10-17(25)9-18(26)11-20/h4,7-11,14,19H,2-3,5-6,12-13H2,1H3/t14-,19-. The quantitative estimate of drug-likeness (QED) is 0.553. The Balaban J connectivity index is 1.36. The van der Waals surface area contributed by atoms with E-state index in [0.29, 0.717) is 6.54 Å². The highest BCUT2D eigenvalue weighted by atomic mass is 35.5. The first-order valence-electron chi connectivity index (χ1n) is 10.5. The van der Waals surface area contributed by atoms with E-state index in [1.165, 1.54) is 12.1 Å². The average Bonchev–Trinajstić information content (AvgIpc) is 3.05. The van der Waals surface area contributed by atoms with Gasteiger partial charge in [0.15, 0.2) is 5.82 Å². The van der Waals surface area contributed by atoms with Crippen LogP contribution in [-0.4, -0.2) is 32.8 Å². The molecule has 0 spiro atoms. The van der Waals surface area contributed by atoms with Gasteiger partial charge >= 0.3 is 0 Å². The summed E-state index contributed by atoms with van der Waals surface area (Å²) in [7, 11) is 2.06. The lowest BCUT2D eigenvalue weighted by Crippen LogP contribution is -2.25. The van der Waals surface area contributed by atoms with Crippen molar-refractivity contribution in [3.63, 3.8) is 0 Å². The highest BCUT2D eigenvalue weighted by Gasteiger charge is 2.30. The second-order valence-corrected chi connectivity index (χ2v) is 8.89. The van der Waals surface area contributed by atoms with Gasteiger partial charge in [-0.2, -0.15) is 0 Å². The number of hydrogen-bond donors (Lipinski definition) is 0. The molecule has 0 atom stereocenters. The zero-order chi connectivity index (χ0) is 21.5. The van der Waals surface area contributed by atoms with Gasteiger partial charge in [-0.3, -0.25) is 9.47 Å². The van der Waals surface area contributed by atoms with Crippen molar-refractivity contribution < 1.29 is 13.5 Å². The number of halogens is 3. The van der Waals surface area contributed by atoms with E-state index in [2.05, 4.69) is 26.7 Å². The summed E-state index contributed by atoms with van der Waals surface area (Å²) in [5.74, 6) is 1.12. The fourth-order valence-corrected chi connectivity index (χ4v) is 4.87. The second-order valence-electron chi connectivity index (χ2n) is 8.45. The second kappa shape index (κ2) is 8.20. The van der Waals surface area contributed by atoms with E-state index in [1.807, 2.05) is 18.2 Å². The van der Waals surface area contributed by atoms with E-state index < -0.39 is 11.6 Å². The molecule has 1 aliphatic heterocycles. The summed E-state index contributed by atoms with van der Waals surface area (Å²) < 4.78 is 34.9. The minimum atomic E-state index is -0.626. The lowest BCUT2D eigenvalue weighted by molar-refractivity contribution is 0.143. The lowest BCUT2D eigenvalue weighted by Gasteiger charge is -2.29. The van der Waals surface area contributed by atoms with Crippen LogP contribution in [0.5, 0.6) is 5.75 Å². The minimum Gasteiger partial charge on any atom is -0.490 e. The fourth-order valence-electron chi connectivity index (χ4n) is 4.67. The van der Waals surface area contributed by atoms with Crippen LogP contribution in [0.3, 0.4) is 0 Å². The molecule has 1 fully saturated rings. The zero-order valence-electron chi connectivity index (χ0n) is 17.2. The number of rotatable bonds is 3. The Labute approximate surface area is 184 Å². The van der Waals surface area contributed by atoms with Crippen molar-refractivity contribution in [1.29, 1.82) is 0 Å². The van der Waals surface area contributed by atoms with Crippen LogP contribution in [0.1, 0.15) is 48.8 Å². The molecular formula is C23H23ClF2N4O. The Kier molecular flexibility index (Phi) is 5.40. The van der Waals surface area contributed by atoms with Gasteiger partial charge in [-0.1, -0.05) is 11.6 Å². The van der Waals surface area contributed by atoms with Gasteiger partial charge in [0.2, 0.25) is 0 Å². The van der Waals surface area contributed by atoms with Crippen LogP contribution in [0.4, 0.5) is 8.78 Å². The van der Waals surface area contributed by atoms with E-state index in [4.69, 9.17) is 16.3 Å². The molecule has 162 valence electrons. The van der Waals surface area contributed by atoms with Crippen molar-refractivity contribution in [3.8, 4) is 11.4 Å². The van der Waals surface area contributed by atoms with Gasteiger partial charge < -0.3 is 4.74 Å². The third kappa shape index (κ3) is 4.16. The third-order valence-corrected chi connectivity index (χ3v) is 6.30. The number of hydrogen-bond acceptors (Lipinski definition) is 4. The minimum absolute atomic E-state index is 0.0683. The van der Waals surface area contributed by atoms with E-state index in [-0.39, 0.29) is 17.8 Å². The molecule has 3 aromatic rings. The molecule has 5 nitrogen and oxygen atoms in total. The molecule has 1 saturated carbocycles. The van der Waals surface area contributed by atoms with Crippen molar-refractivity contribution in [2.45, 2.75) is 50.8 Å². The summed E-state index contributed by atoms with van der Waals surface area (Å²) in [6.45, 7) is 1.51. The first-order valence-corrected chi connectivity index (χ1v) is 10.9. The van der Waals surface area contributed by atoms with Gasteiger partial charge in [-0.15, -0.1) is 10.2 Å². The Morgan fingerprint density at radius 1 is 0.968 bits per heavy atom. The van der Waals surface area contributed by atoms with Crippen molar-refractivity contribution in [1.82, 2.24) is 19.7 Å². The molecule has 5 rings (SSSR count). The van der Waals surface area contributed by atoms with Crippen molar-refractivity contribution in [2.75, 3.05) is 7.05 Å². The van der Waals surface area contributed by atoms with Gasteiger partial charge in [0.25, 0.3) is 0 Å². The van der Waals surface area contributed by atoms with E-state index in [0.717, 1.165) is 66.2 Å². The summed E-state index contributed by atoms with van der Waals surface area (Å²) >= 11 is 6.25. The van der Waals surface area contributed by atoms with E-state index in [9.17, 15) is 8.78 Å². The predicted octanol–water partition coefficient (Wildman–Crippen LogP) is 5.25. The first kappa shape index (κ1) is 20.4. The van der Waals surface area contributed by atoms with Crippen LogP contribution in [0.2, 0.25) is 5.02 Å². The third-order valence-electron chi connectivity index (χ3n) is 6.07. The highest BCUT2D eigenvalue weighted by Crippen LogP contribution is 2.37. The summed E-state index contributed by atoms with van der Waals surface area (Å²) in [5, 5.41) is 9.78. The van der Waals surface area contributed by atoms with Gasteiger partial charge in [-0.05, 0) is 56.5 Å². The van der Waals surface area contributed by atoms with Crippen LogP contribution < -0.4 is 4.74 Å². The predicted molar refractivity (Wildman–Crippen MR) is 114 cm³/mol. The molecule has 0 N–H and O–H groups in total. The maximum Gasteiger partial charge on any atom is 0.151 e. The SMILES string of the molecule is CN1Cc2cc(Cl)ccc2-n2c(nnc2[C@H]2CC[C@H](Oc3cc(F)cc(F)c3)CC2)C1. The molecule has 2 aliphatic rings. The smallest absolute Gasteiger partial charge is 0.151 e. The fraction of sp³-hybridized carbons (Fsp3) is 0.391. The normalized spacial score (nSPS) is 21.3. The molecule has 0 amide bonds. The number of ether oxygens (including phenoxy) is 1. The van der Waals surface area contributed by atoms with Gasteiger partial charge in [-0.25, -0.2) is 8.78 Å². The monoisotopic (exact) mass is 444 g/mol.